The minimum Gasteiger partial charge on any atom is -0.486 e. The van der Waals surface area contributed by atoms with Crippen LogP contribution in [0.5, 0.6) is 11.5 Å². The number of nitrogens with one attached hydrogen (secondary N) is 1. The lowest BCUT2D eigenvalue weighted by Crippen LogP contribution is -2.15. The third-order valence-corrected chi connectivity index (χ3v) is 3.64. The highest BCUT2D eigenvalue weighted by Crippen LogP contribution is 2.31. The Morgan fingerprint density at radius 3 is 2.46 bits per heavy atom. The van der Waals surface area contributed by atoms with Crippen LogP contribution in [0.3, 0.4) is 0 Å². The summed E-state index contributed by atoms with van der Waals surface area (Å²) in [6.45, 7) is 1.11. The molecule has 1 heterocycles. The maximum atomic E-state index is 12.0. The van der Waals surface area contributed by atoms with Crippen molar-refractivity contribution in [2.24, 2.45) is 0 Å². The molecule has 2 aromatic carbocycles. The molecule has 0 unspecified atom stereocenters. The molecule has 0 saturated heterocycles. The number of hydrogen-bond acceptors (Lipinski definition) is 4. The lowest BCUT2D eigenvalue weighted by Gasteiger charge is -2.18. The van der Waals surface area contributed by atoms with Crippen LogP contribution in [0.4, 0.5) is 11.4 Å². The molecule has 0 fully saturated rings. The van der Waals surface area contributed by atoms with Crippen molar-refractivity contribution in [1.82, 2.24) is 0 Å². The number of rotatable bonds is 4. The van der Waals surface area contributed by atoms with Gasteiger partial charge in [-0.15, -0.1) is 0 Å². The number of hydrogen-bond donors (Lipinski definition) is 1. The summed E-state index contributed by atoms with van der Waals surface area (Å²) >= 11 is 0. The molecule has 1 amide bonds. The van der Waals surface area contributed by atoms with Crippen LogP contribution in [-0.2, 0) is 4.79 Å². The fourth-order valence-corrected chi connectivity index (χ4v) is 2.36. The van der Waals surface area contributed by atoms with E-state index in [0.717, 1.165) is 22.7 Å². The molecular weight excluding hydrogens is 304 g/mol. The van der Waals surface area contributed by atoms with Gasteiger partial charge in [0.15, 0.2) is 11.5 Å². The third kappa shape index (κ3) is 3.87. The largest absolute Gasteiger partial charge is 0.486 e. The average Bonchev–Trinajstić information content (AvgIpc) is 2.60. The first-order valence-electron chi connectivity index (χ1n) is 7.78. The topological polar surface area (TPSA) is 50.8 Å². The summed E-state index contributed by atoms with van der Waals surface area (Å²) in [6, 6.07) is 13.3. The molecule has 5 nitrogen and oxygen atoms in total. The zero-order valence-electron chi connectivity index (χ0n) is 13.8. The van der Waals surface area contributed by atoms with Crippen LogP contribution in [0.1, 0.15) is 5.56 Å². The molecule has 124 valence electrons. The molecule has 0 bridgehead atoms. The highest BCUT2D eigenvalue weighted by atomic mass is 16.6. The SMILES string of the molecule is CN(C)c1ccc(NC(=O)C=Cc2ccc3c(c2)OCCO3)cc1. The number of amides is 1. The second-order valence-electron chi connectivity index (χ2n) is 5.67. The first-order valence-corrected chi connectivity index (χ1v) is 7.78. The van der Waals surface area contributed by atoms with E-state index in [2.05, 4.69) is 5.32 Å². The van der Waals surface area contributed by atoms with Crippen molar-refractivity contribution in [3.63, 3.8) is 0 Å². The molecule has 0 radical (unpaired) electrons. The molecule has 1 aliphatic heterocycles. The highest BCUT2D eigenvalue weighted by Gasteiger charge is 2.10. The van der Waals surface area contributed by atoms with Gasteiger partial charge in [-0.2, -0.15) is 0 Å². The molecule has 0 aliphatic carbocycles. The number of nitrogens with zero attached hydrogens (tertiary/aromatic N) is 1. The average molecular weight is 324 g/mol. The highest BCUT2D eigenvalue weighted by molar-refractivity contribution is 6.02. The third-order valence-electron chi connectivity index (χ3n) is 3.64. The Labute approximate surface area is 141 Å². The summed E-state index contributed by atoms with van der Waals surface area (Å²) in [5.74, 6) is 1.27. The van der Waals surface area contributed by atoms with Crippen LogP contribution < -0.4 is 19.7 Å². The van der Waals surface area contributed by atoms with Crippen LogP contribution >= 0.6 is 0 Å². The fraction of sp³-hybridized carbons (Fsp3) is 0.211. The molecule has 0 saturated carbocycles. The Kier molecular flexibility index (Phi) is 4.70. The summed E-state index contributed by atoms with van der Waals surface area (Å²) in [7, 11) is 3.95. The first kappa shape index (κ1) is 15.9. The van der Waals surface area contributed by atoms with Gasteiger partial charge in [-0.3, -0.25) is 4.79 Å². The van der Waals surface area contributed by atoms with Crippen molar-refractivity contribution in [3.8, 4) is 11.5 Å². The molecule has 24 heavy (non-hydrogen) atoms. The van der Waals surface area contributed by atoms with Gasteiger partial charge in [0.25, 0.3) is 0 Å². The molecule has 0 spiro atoms. The smallest absolute Gasteiger partial charge is 0.248 e. The molecular formula is C19H20N2O3. The fourth-order valence-electron chi connectivity index (χ4n) is 2.36. The maximum Gasteiger partial charge on any atom is 0.248 e. The van der Waals surface area contributed by atoms with Gasteiger partial charge in [-0.05, 0) is 48.0 Å². The van der Waals surface area contributed by atoms with E-state index < -0.39 is 0 Å². The van der Waals surface area contributed by atoms with Gasteiger partial charge in [0, 0.05) is 31.5 Å². The molecule has 0 aromatic heterocycles. The van der Waals surface area contributed by atoms with Gasteiger partial charge in [-0.1, -0.05) is 6.07 Å². The molecule has 2 aromatic rings. The minimum atomic E-state index is -0.178. The van der Waals surface area contributed by atoms with E-state index in [9.17, 15) is 4.79 Å². The summed E-state index contributed by atoms with van der Waals surface area (Å²) in [5, 5.41) is 2.84. The van der Waals surface area contributed by atoms with Crippen molar-refractivity contribution in [2.75, 3.05) is 37.5 Å². The van der Waals surface area contributed by atoms with Gasteiger partial charge < -0.3 is 19.7 Å². The van der Waals surface area contributed by atoms with Crippen LogP contribution in [-0.4, -0.2) is 33.2 Å². The van der Waals surface area contributed by atoms with E-state index >= 15 is 0 Å². The Morgan fingerprint density at radius 1 is 1.04 bits per heavy atom. The lowest BCUT2D eigenvalue weighted by molar-refractivity contribution is -0.111. The number of benzene rings is 2. The molecule has 1 N–H and O–H groups in total. The van der Waals surface area contributed by atoms with Gasteiger partial charge in [0.2, 0.25) is 5.91 Å². The lowest BCUT2D eigenvalue weighted by atomic mass is 10.2. The number of carbonyl (C=O) groups is 1. The standard InChI is InChI=1S/C19H20N2O3/c1-21(2)16-7-5-15(6-8-16)20-19(22)10-4-14-3-9-17-18(13-14)24-12-11-23-17/h3-10,13H,11-12H2,1-2H3,(H,20,22). The van der Waals surface area contributed by atoms with E-state index in [4.69, 9.17) is 9.47 Å². The maximum absolute atomic E-state index is 12.0. The molecule has 3 rings (SSSR count). The summed E-state index contributed by atoms with van der Waals surface area (Å²) in [4.78, 5) is 14.0. The first-order chi connectivity index (χ1) is 11.6. The van der Waals surface area contributed by atoms with Gasteiger partial charge in [-0.25, -0.2) is 0 Å². The number of anilines is 2. The summed E-state index contributed by atoms with van der Waals surface area (Å²) in [5.41, 5.74) is 2.73. The second-order valence-corrected chi connectivity index (χ2v) is 5.67. The van der Waals surface area contributed by atoms with Crippen molar-refractivity contribution in [2.45, 2.75) is 0 Å². The van der Waals surface area contributed by atoms with Crippen LogP contribution in [0.25, 0.3) is 6.08 Å². The van der Waals surface area contributed by atoms with E-state index in [0.29, 0.717) is 19.0 Å². The van der Waals surface area contributed by atoms with Gasteiger partial charge in [0.05, 0.1) is 0 Å². The zero-order chi connectivity index (χ0) is 16.9. The predicted molar refractivity (Wildman–Crippen MR) is 95.9 cm³/mol. The molecule has 1 aliphatic rings. The van der Waals surface area contributed by atoms with E-state index in [1.54, 1.807) is 6.08 Å². The summed E-state index contributed by atoms with van der Waals surface area (Å²) in [6.07, 6.45) is 3.26. The van der Waals surface area contributed by atoms with E-state index in [1.165, 1.54) is 6.08 Å². The van der Waals surface area contributed by atoms with Crippen LogP contribution in [0.2, 0.25) is 0 Å². The van der Waals surface area contributed by atoms with Crippen molar-refractivity contribution >= 4 is 23.4 Å². The minimum absolute atomic E-state index is 0.178. The number of fused-ring (bicyclic) bond motifs is 1. The predicted octanol–water partition coefficient (Wildman–Crippen LogP) is 3.18. The quantitative estimate of drug-likeness (QED) is 0.878. The summed E-state index contributed by atoms with van der Waals surface area (Å²) < 4.78 is 11.0. The second kappa shape index (κ2) is 7.08. The Hall–Kier alpha value is -2.95. The van der Waals surface area contributed by atoms with Crippen LogP contribution in [0.15, 0.2) is 48.5 Å². The van der Waals surface area contributed by atoms with Gasteiger partial charge in [0.1, 0.15) is 13.2 Å². The molecule has 0 atom stereocenters. The van der Waals surface area contributed by atoms with Crippen molar-refractivity contribution in [1.29, 1.82) is 0 Å². The normalized spacial score (nSPS) is 12.9. The number of ether oxygens (including phenoxy) is 2. The zero-order valence-corrected chi connectivity index (χ0v) is 13.8. The van der Waals surface area contributed by atoms with E-state index in [1.807, 2.05) is 61.5 Å². The molecule has 5 heteroatoms. The van der Waals surface area contributed by atoms with Crippen molar-refractivity contribution in [3.05, 3.63) is 54.1 Å². The van der Waals surface area contributed by atoms with Gasteiger partial charge >= 0.3 is 0 Å². The Balaban J connectivity index is 1.62. The monoisotopic (exact) mass is 324 g/mol. The van der Waals surface area contributed by atoms with Crippen molar-refractivity contribution < 1.29 is 14.3 Å². The van der Waals surface area contributed by atoms with Crippen LogP contribution in [0, 0.1) is 0 Å². The number of carbonyl (C=O) groups excluding carboxylic acids is 1. The van der Waals surface area contributed by atoms with E-state index in [-0.39, 0.29) is 5.91 Å². The Morgan fingerprint density at radius 2 is 1.75 bits per heavy atom. The Bertz CT molecular complexity index is 752.